The molecule has 1 aromatic carbocycles. The van der Waals surface area contributed by atoms with E-state index in [0.29, 0.717) is 18.5 Å². The summed E-state index contributed by atoms with van der Waals surface area (Å²) in [6, 6.07) is 7.78. The molecule has 2 rings (SSSR count). The van der Waals surface area contributed by atoms with Gasteiger partial charge in [0.15, 0.2) is 0 Å². The lowest BCUT2D eigenvalue weighted by atomic mass is 9.87. The van der Waals surface area contributed by atoms with Gasteiger partial charge >= 0.3 is 0 Å². The van der Waals surface area contributed by atoms with Gasteiger partial charge in [0.25, 0.3) is 5.91 Å². The van der Waals surface area contributed by atoms with Crippen LogP contribution in [0.5, 0.6) is 11.5 Å². The van der Waals surface area contributed by atoms with Gasteiger partial charge in [0.05, 0.1) is 14.2 Å². The standard InChI is InChI=1S/C23H29BrN2O3/c1-7-8-16(9-15-10-18(28-5)13-19(11-15)29-6)20-12-17(24)14-25-21(20)22(27)26-23(2,3)4/h7,10-14,16H,1,8-9H2,2-6H3,(H,26,27). The van der Waals surface area contributed by atoms with Crippen LogP contribution in [0.3, 0.4) is 0 Å². The zero-order valence-electron chi connectivity index (χ0n) is 17.7. The van der Waals surface area contributed by atoms with Crippen LogP contribution in [0.25, 0.3) is 0 Å². The Labute approximate surface area is 181 Å². The number of nitrogens with zero attached hydrogens (tertiary/aromatic N) is 1. The quantitative estimate of drug-likeness (QED) is 0.543. The topological polar surface area (TPSA) is 60.5 Å². The van der Waals surface area contributed by atoms with Gasteiger partial charge in [-0.25, -0.2) is 4.98 Å². The summed E-state index contributed by atoms with van der Waals surface area (Å²) in [5.41, 5.74) is 2.01. The molecule has 1 atom stereocenters. The molecule has 0 aliphatic heterocycles. The van der Waals surface area contributed by atoms with Gasteiger partial charge in [-0.1, -0.05) is 6.08 Å². The van der Waals surface area contributed by atoms with E-state index in [1.807, 2.05) is 51.1 Å². The Kier molecular flexibility index (Phi) is 7.85. The van der Waals surface area contributed by atoms with E-state index in [1.165, 1.54) is 0 Å². The van der Waals surface area contributed by atoms with Gasteiger partial charge in [-0.3, -0.25) is 4.79 Å². The van der Waals surface area contributed by atoms with Gasteiger partial charge in [0.2, 0.25) is 0 Å². The van der Waals surface area contributed by atoms with E-state index in [2.05, 4.69) is 32.8 Å². The molecule has 1 amide bonds. The number of pyridine rings is 1. The third-order valence-electron chi connectivity index (χ3n) is 4.37. The van der Waals surface area contributed by atoms with Crippen molar-refractivity contribution in [3.63, 3.8) is 0 Å². The van der Waals surface area contributed by atoms with Crippen LogP contribution in [0, 0.1) is 0 Å². The van der Waals surface area contributed by atoms with Crippen LogP contribution in [0.4, 0.5) is 0 Å². The van der Waals surface area contributed by atoms with Crippen molar-refractivity contribution in [3.05, 3.63) is 64.4 Å². The molecular weight excluding hydrogens is 432 g/mol. The second-order valence-corrected chi connectivity index (χ2v) is 8.86. The molecule has 0 fully saturated rings. The number of amides is 1. The third-order valence-corrected chi connectivity index (χ3v) is 4.81. The molecule has 29 heavy (non-hydrogen) atoms. The highest BCUT2D eigenvalue weighted by Crippen LogP contribution is 2.32. The normalized spacial score (nSPS) is 12.2. The largest absolute Gasteiger partial charge is 0.497 e. The van der Waals surface area contributed by atoms with Gasteiger partial charge in [0.1, 0.15) is 17.2 Å². The summed E-state index contributed by atoms with van der Waals surface area (Å²) in [7, 11) is 3.26. The molecule has 0 radical (unpaired) electrons. The zero-order valence-corrected chi connectivity index (χ0v) is 19.3. The molecule has 1 aromatic heterocycles. The number of methoxy groups -OCH3 is 2. The maximum Gasteiger partial charge on any atom is 0.270 e. The van der Waals surface area contributed by atoms with E-state index < -0.39 is 0 Å². The Morgan fingerprint density at radius 3 is 2.34 bits per heavy atom. The fraction of sp³-hybridized carbons (Fsp3) is 0.391. The molecule has 1 heterocycles. The molecule has 156 valence electrons. The number of nitrogens with one attached hydrogen (secondary N) is 1. The Morgan fingerprint density at radius 1 is 1.21 bits per heavy atom. The third kappa shape index (κ3) is 6.60. The monoisotopic (exact) mass is 460 g/mol. The summed E-state index contributed by atoms with van der Waals surface area (Å²) in [6.07, 6.45) is 4.91. The Morgan fingerprint density at radius 2 is 1.83 bits per heavy atom. The van der Waals surface area contributed by atoms with Crippen LogP contribution in [-0.2, 0) is 6.42 Å². The first kappa shape index (κ1) is 22.9. The number of aromatic nitrogens is 1. The Balaban J connectivity index is 2.46. The molecule has 5 nitrogen and oxygen atoms in total. The number of benzene rings is 1. The van der Waals surface area contributed by atoms with Crippen molar-refractivity contribution in [1.82, 2.24) is 10.3 Å². The Bertz CT molecular complexity index is 853. The van der Waals surface area contributed by atoms with Crippen LogP contribution >= 0.6 is 15.9 Å². The summed E-state index contributed by atoms with van der Waals surface area (Å²) in [5, 5.41) is 3.01. The predicted octanol–water partition coefficient (Wildman–Crippen LogP) is 5.29. The van der Waals surface area contributed by atoms with Gasteiger partial charge in [-0.05, 0) is 84.8 Å². The van der Waals surface area contributed by atoms with Crippen LogP contribution in [-0.4, -0.2) is 30.6 Å². The average molecular weight is 461 g/mol. The number of halogens is 1. The molecule has 1 unspecified atom stereocenters. The first-order valence-corrected chi connectivity index (χ1v) is 10.3. The number of hydrogen-bond acceptors (Lipinski definition) is 4. The summed E-state index contributed by atoms with van der Waals surface area (Å²) >= 11 is 3.50. The molecule has 0 aliphatic carbocycles. The highest BCUT2D eigenvalue weighted by molar-refractivity contribution is 9.10. The molecule has 0 saturated heterocycles. The number of allylic oxidation sites excluding steroid dienone is 1. The zero-order chi connectivity index (χ0) is 21.6. The van der Waals surface area contributed by atoms with E-state index in [9.17, 15) is 4.79 Å². The van der Waals surface area contributed by atoms with Gasteiger partial charge < -0.3 is 14.8 Å². The maximum atomic E-state index is 12.9. The molecule has 0 bridgehead atoms. The molecule has 2 aromatic rings. The fourth-order valence-corrected chi connectivity index (χ4v) is 3.49. The van der Waals surface area contributed by atoms with E-state index in [0.717, 1.165) is 27.1 Å². The van der Waals surface area contributed by atoms with E-state index >= 15 is 0 Å². The maximum absolute atomic E-state index is 12.9. The highest BCUT2D eigenvalue weighted by atomic mass is 79.9. The molecule has 0 spiro atoms. The number of carbonyl (C=O) groups is 1. The number of ether oxygens (including phenoxy) is 2. The van der Waals surface area contributed by atoms with E-state index in [1.54, 1.807) is 20.4 Å². The van der Waals surface area contributed by atoms with Crippen molar-refractivity contribution in [2.45, 2.75) is 45.1 Å². The minimum absolute atomic E-state index is 0.0232. The number of hydrogen-bond donors (Lipinski definition) is 1. The van der Waals surface area contributed by atoms with Crippen molar-refractivity contribution < 1.29 is 14.3 Å². The van der Waals surface area contributed by atoms with E-state index in [-0.39, 0.29) is 17.4 Å². The second kappa shape index (κ2) is 9.92. The smallest absolute Gasteiger partial charge is 0.270 e. The molecule has 0 aliphatic rings. The average Bonchev–Trinajstić information content (AvgIpc) is 2.65. The molecule has 1 N–H and O–H groups in total. The van der Waals surface area contributed by atoms with E-state index in [4.69, 9.17) is 9.47 Å². The SMILES string of the molecule is C=CCC(Cc1cc(OC)cc(OC)c1)c1cc(Br)cnc1C(=O)NC(C)(C)C. The van der Waals surface area contributed by atoms with Gasteiger partial charge in [0, 0.05) is 22.3 Å². The highest BCUT2D eigenvalue weighted by Gasteiger charge is 2.24. The van der Waals surface area contributed by atoms with Crippen molar-refractivity contribution in [3.8, 4) is 11.5 Å². The van der Waals surface area contributed by atoms with Gasteiger partial charge in [-0.2, -0.15) is 0 Å². The van der Waals surface area contributed by atoms with Crippen molar-refractivity contribution in [2.75, 3.05) is 14.2 Å². The minimum Gasteiger partial charge on any atom is -0.497 e. The first-order chi connectivity index (χ1) is 13.7. The number of carbonyl (C=O) groups excluding carboxylic acids is 1. The van der Waals surface area contributed by atoms with Crippen LogP contribution in [0.15, 0.2) is 47.6 Å². The first-order valence-electron chi connectivity index (χ1n) is 9.47. The van der Waals surface area contributed by atoms with Crippen molar-refractivity contribution in [1.29, 1.82) is 0 Å². The fourth-order valence-electron chi connectivity index (χ4n) is 3.15. The number of rotatable bonds is 8. The lowest BCUT2D eigenvalue weighted by Gasteiger charge is -2.23. The molecular formula is C23H29BrN2O3. The summed E-state index contributed by atoms with van der Waals surface area (Å²) < 4.78 is 11.6. The second-order valence-electron chi connectivity index (χ2n) is 7.94. The summed E-state index contributed by atoms with van der Waals surface area (Å²) in [4.78, 5) is 17.3. The summed E-state index contributed by atoms with van der Waals surface area (Å²) in [5.74, 6) is 1.30. The van der Waals surface area contributed by atoms with Crippen LogP contribution in [0.1, 0.15) is 54.7 Å². The lowest BCUT2D eigenvalue weighted by molar-refractivity contribution is 0.0912. The predicted molar refractivity (Wildman–Crippen MR) is 120 cm³/mol. The van der Waals surface area contributed by atoms with Gasteiger partial charge in [-0.15, -0.1) is 6.58 Å². The van der Waals surface area contributed by atoms with Crippen LogP contribution in [0.2, 0.25) is 0 Å². The van der Waals surface area contributed by atoms with Crippen LogP contribution < -0.4 is 14.8 Å². The molecule has 0 saturated carbocycles. The summed E-state index contributed by atoms with van der Waals surface area (Å²) in [6.45, 7) is 9.76. The minimum atomic E-state index is -0.350. The van der Waals surface area contributed by atoms with Crippen molar-refractivity contribution in [2.24, 2.45) is 0 Å². The Hall–Kier alpha value is -2.34. The molecule has 6 heteroatoms. The van der Waals surface area contributed by atoms with Crippen molar-refractivity contribution >= 4 is 21.8 Å². The lowest BCUT2D eigenvalue weighted by Crippen LogP contribution is -2.41.